The standard InChI is InChI=1S/C28H26Cl2N2O6/c1-31(2)17-8-6-15(7-9-17)24-23(25(33)21-10-16(29)11-22(30)27(21)38-5)26(34)28(35)32(24)18-12-19(36-3)14-20(13-18)37-4/h6-14,24,33H,1-5H3/b25-23+. The van der Waals surface area contributed by atoms with E-state index in [1.165, 1.54) is 38.4 Å². The molecule has 1 aliphatic heterocycles. The fourth-order valence-electron chi connectivity index (χ4n) is 4.39. The van der Waals surface area contributed by atoms with Gasteiger partial charge in [-0.3, -0.25) is 14.5 Å². The van der Waals surface area contributed by atoms with Gasteiger partial charge >= 0.3 is 0 Å². The van der Waals surface area contributed by atoms with E-state index >= 15 is 0 Å². The number of amides is 1. The third-order valence-electron chi connectivity index (χ3n) is 6.25. The van der Waals surface area contributed by atoms with Crippen molar-refractivity contribution < 1.29 is 28.9 Å². The van der Waals surface area contributed by atoms with Crippen LogP contribution in [-0.2, 0) is 9.59 Å². The summed E-state index contributed by atoms with van der Waals surface area (Å²) in [6.07, 6.45) is 0. The molecular formula is C28H26Cl2N2O6. The van der Waals surface area contributed by atoms with Gasteiger partial charge < -0.3 is 24.2 Å². The Morgan fingerprint density at radius 1 is 0.895 bits per heavy atom. The van der Waals surface area contributed by atoms with Gasteiger partial charge in [0.05, 0.1) is 49.2 Å². The van der Waals surface area contributed by atoms with Crippen LogP contribution in [0.25, 0.3) is 5.76 Å². The monoisotopic (exact) mass is 556 g/mol. The molecule has 1 amide bonds. The molecule has 4 rings (SSSR count). The van der Waals surface area contributed by atoms with Gasteiger partial charge in [0, 0.05) is 43.0 Å². The van der Waals surface area contributed by atoms with E-state index in [9.17, 15) is 14.7 Å². The summed E-state index contributed by atoms with van der Waals surface area (Å²) in [4.78, 5) is 30.3. The van der Waals surface area contributed by atoms with Gasteiger partial charge in [-0.1, -0.05) is 35.3 Å². The number of halogens is 2. The summed E-state index contributed by atoms with van der Waals surface area (Å²) in [5, 5.41) is 11.9. The fraction of sp³-hybridized carbons (Fsp3) is 0.214. The lowest BCUT2D eigenvalue weighted by Crippen LogP contribution is -2.29. The van der Waals surface area contributed by atoms with Gasteiger partial charge in [0.25, 0.3) is 11.7 Å². The minimum Gasteiger partial charge on any atom is -0.507 e. The third-order valence-corrected chi connectivity index (χ3v) is 6.75. The van der Waals surface area contributed by atoms with Crippen molar-refractivity contribution in [3.63, 3.8) is 0 Å². The molecule has 8 nitrogen and oxygen atoms in total. The van der Waals surface area contributed by atoms with Crippen LogP contribution in [0.5, 0.6) is 17.2 Å². The van der Waals surface area contributed by atoms with Gasteiger partial charge in [-0.15, -0.1) is 0 Å². The molecule has 38 heavy (non-hydrogen) atoms. The van der Waals surface area contributed by atoms with Gasteiger partial charge in [-0.25, -0.2) is 0 Å². The number of anilines is 2. The zero-order valence-corrected chi connectivity index (χ0v) is 22.9. The molecule has 1 fully saturated rings. The van der Waals surface area contributed by atoms with E-state index in [0.29, 0.717) is 22.7 Å². The van der Waals surface area contributed by atoms with Crippen molar-refractivity contribution in [2.24, 2.45) is 0 Å². The predicted octanol–water partition coefficient (Wildman–Crippen LogP) is 5.71. The largest absolute Gasteiger partial charge is 0.507 e. The van der Waals surface area contributed by atoms with Crippen LogP contribution in [0.4, 0.5) is 11.4 Å². The molecule has 0 spiro atoms. The molecule has 1 aliphatic rings. The predicted molar refractivity (Wildman–Crippen MR) is 148 cm³/mol. The first-order valence-electron chi connectivity index (χ1n) is 11.5. The van der Waals surface area contributed by atoms with E-state index in [1.807, 2.05) is 31.1 Å². The summed E-state index contributed by atoms with van der Waals surface area (Å²) < 4.78 is 16.2. The van der Waals surface area contributed by atoms with Crippen molar-refractivity contribution >= 4 is 52.0 Å². The van der Waals surface area contributed by atoms with E-state index in [-0.39, 0.29) is 26.9 Å². The van der Waals surface area contributed by atoms with Crippen LogP contribution in [0.15, 0.2) is 60.2 Å². The molecule has 10 heteroatoms. The summed E-state index contributed by atoms with van der Waals surface area (Å²) in [5.41, 5.74) is 1.79. The smallest absolute Gasteiger partial charge is 0.300 e. The highest BCUT2D eigenvalue weighted by atomic mass is 35.5. The number of ether oxygens (including phenoxy) is 3. The Hall–Kier alpha value is -3.88. The average molecular weight is 557 g/mol. The lowest BCUT2D eigenvalue weighted by Gasteiger charge is -2.27. The molecule has 1 heterocycles. The molecule has 198 valence electrons. The van der Waals surface area contributed by atoms with Crippen LogP contribution in [-0.4, -0.2) is 52.2 Å². The molecule has 1 saturated heterocycles. The number of hydrogen-bond acceptors (Lipinski definition) is 7. The first-order valence-corrected chi connectivity index (χ1v) is 12.2. The molecular weight excluding hydrogens is 531 g/mol. The van der Waals surface area contributed by atoms with Crippen LogP contribution in [0.2, 0.25) is 10.0 Å². The third kappa shape index (κ3) is 4.85. The van der Waals surface area contributed by atoms with Crippen LogP contribution >= 0.6 is 23.2 Å². The number of ketones is 1. The Balaban J connectivity index is 2.02. The summed E-state index contributed by atoms with van der Waals surface area (Å²) in [6.45, 7) is 0. The van der Waals surface area contributed by atoms with Gasteiger partial charge in [0.1, 0.15) is 23.0 Å². The Bertz CT molecular complexity index is 1410. The zero-order valence-electron chi connectivity index (χ0n) is 21.4. The minimum atomic E-state index is -0.995. The zero-order chi connectivity index (χ0) is 27.7. The number of nitrogens with zero attached hydrogens (tertiary/aromatic N) is 2. The Morgan fingerprint density at radius 3 is 2.03 bits per heavy atom. The van der Waals surface area contributed by atoms with Gasteiger partial charge in [-0.05, 0) is 29.8 Å². The molecule has 0 bridgehead atoms. The number of carbonyl (C=O) groups excluding carboxylic acids is 2. The van der Waals surface area contributed by atoms with Crippen LogP contribution in [0, 0.1) is 0 Å². The van der Waals surface area contributed by atoms with Crippen molar-refractivity contribution in [2.45, 2.75) is 6.04 Å². The Morgan fingerprint density at radius 2 is 1.50 bits per heavy atom. The average Bonchev–Trinajstić information content (AvgIpc) is 3.17. The first kappa shape index (κ1) is 27.2. The molecule has 1 N–H and O–H groups in total. The van der Waals surface area contributed by atoms with Crippen molar-refractivity contribution in [1.29, 1.82) is 0 Å². The second-order valence-corrected chi connectivity index (χ2v) is 9.54. The SMILES string of the molecule is COc1cc(OC)cc(N2C(=O)C(=O)/C(=C(/O)c3cc(Cl)cc(Cl)c3OC)C2c2ccc(N(C)C)cc2)c1. The number of Topliss-reactive ketones (excluding diaryl/α,β-unsaturated/α-hetero) is 1. The molecule has 0 aromatic heterocycles. The van der Waals surface area contributed by atoms with E-state index in [1.54, 1.807) is 30.3 Å². The lowest BCUT2D eigenvalue weighted by molar-refractivity contribution is -0.132. The maximum absolute atomic E-state index is 13.6. The molecule has 0 saturated carbocycles. The molecule has 3 aromatic rings. The van der Waals surface area contributed by atoms with E-state index in [4.69, 9.17) is 37.4 Å². The maximum Gasteiger partial charge on any atom is 0.300 e. The number of aliphatic hydroxyl groups excluding tert-OH is 1. The van der Waals surface area contributed by atoms with E-state index in [0.717, 1.165) is 5.69 Å². The van der Waals surface area contributed by atoms with E-state index in [2.05, 4.69) is 0 Å². The number of benzene rings is 3. The van der Waals surface area contributed by atoms with Crippen LogP contribution < -0.4 is 24.0 Å². The molecule has 1 atom stereocenters. The number of carbonyl (C=O) groups is 2. The number of aliphatic hydroxyl groups is 1. The summed E-state index contributed by atoms with van der Waals surface area (Å²) in [5.74, 6) is -1.23. The second-order valence-electron chi connectivity index (χ2n) is 8.69. The fourth-order valence-corrected chi connectivity index (χ4v) is 4.96. The Kier molecular flexibility index (Phi) is 7.76. The lowest BCUT2D eigenvalue weighted by atomic mass is 9.94. The second kappa shape index (κ2) is 10.8. The van der Waals surface area contributed by atoms with E-state index < -0.39 is 23.5 Å². The van der Waals surface area contributed by atoms with Crippen molar-refractivity contribution in [3.05, 3.63) is 81.3 Å². The van der Waals surface area contributed by atoms with Crippen molar-refractivity contribution in [2.75, 3.05) is 45.2 Å². The van der Waals surface area contributed by atoms with Crippen LogP contribution in [0.3, 0.4) is 0 Å². The quantitative estimate of drug-likeness (QED) is 0.226. The highest BCUT2D eigenvalue weighted by molar-refractivity contribution is 6.52. The Labute approximate surface area is 230 Å². The normalized spacial score (nSPS) is 16.5. The summed E-state index contributed by atoms with van der Waals surface area (Å²) in [6, 6.07) is 14.1. The number of methoxy groups -OCH3 is 3. The van der Waals surface area contributed by atoms with Gasteiger partial charge in [0.15, 0.2) is 0 Å². The molecule has 3 aromatic carbocycles. The molecule has 1 unspecified atom stereocenters. The number of rotatable bonds is 7. The highest BCUT2D eigenvalue weighted by Gasteiger charge is 2.47. The van der Waals surface area contributed by atoms with Crippen LogP contribution in [0.1, 0.15) is 17.2 Å². The first-order chi connectivity index (χ1) is 18.1. The molecule has 0 radical (unpaired) electrons. The van der Waals surface area contributed by atoms with Gasteiger partial charge in [-0.2, -0.15) is 0 Å². The summed E-state index contributed by atoms with van der Waals surface area (Å²) in [7, 11) is 8.15. The highest BCUT2D eigenvalue weighted by Crippen LogP contribution is 2.46. The maximum atomic E-state index is 13.6. The van der Waals surface area contributed by atoms with Gasteiger partial charge in [0.2, 0.25) is 0 Å². The topological polar surface area (TPSA) is 88.5 Å². The molecule has 0 aliphatic carbocycles. The minimum absolute atomic E-state index is 0.0844. The summed E-state index contributed by atoms with van der Waals surface area (Å²) >= 11 is 12.5. The van der Waals surface area contributed by atoms with Crippen molar-refractivity contribution in [3.8, 4) is 17.2 Å². The van der Waals surface area contributed by atoms with Crippen molar-refractivity contribution in [1.82, 2.24) is 0 Å². The number of hydrogen-bond donors (Lipinski definition) is 1.